The van der Waals surface area contributed by atoms with Gasteiger partial charge in [-0.25, -0.2) is 9.50 Å². The second kappa shape index (κ2) is 7.25. The number of rotatable bonds is 5. The number of hydrogen-bond donors (Lipinski definition) is 0. The molecule has 1 fully saturated rings. The van der Waals surface area contributed by atoms with E-state index in [0.717, 1.165) is 49.1 Å². The van der Waals surface area contributed by atoms with Crippen LogP contribution in [0, 0.1) is 13.8 Å². The normalized spacial score (nSPS) is 18.6. The average Bonchev–Trinajstić information content (AvgIpc) is 3.44. The van der Waals surface area contributed by atoms with E-state index >= 15 is 0 Å². The molecule has 6 nitrogen and oxygen atoms in total. The van der Waals surface area contributed by atoms with Gasteiger partial charge in [0.15, 0.2) is 0 Å². The van der Waals surface area contributed by atoms with Crippen molar-refractivity contribution in [1.82, 2.24) is 24.5 Å². The molecule has 29 heavy (non-hydrogen) atoms. The maximum absolute atomic E-state index is 13.4. The summed E-state index contributed by atoms with van der Waals surface area (Å²) >= 11 is 0. The molecule has 150 valence electrons. The van der Waals surface area contributed by atoms with Crippen LogP contribution in [-0.4, -0.2) is 36.4 Å². The van der Waals surface area contributed by atoms with Crippen LogP contribution in [0.2, 0.25) is 0 Å². The first kappa shape index (κ1) is 18.3. The van der Waals surface area contributed by atoms with Crippen LogP contribution in [-0.2, 0) is 17.6 Å². The first-order valence-corrected chi connectivity index (χ1v) is 10.7. The monoisotopic (exact) mass is 389 g/mol. The van der Waals surface area contributed by atoms with Gasteiger partial charge in [-0.1, -0.05) is 24.3 Å². The van der Waals surface area contributed by atoms with Crippen molar-refractivity contribution in [3.05, 3.63) is 58.7 Å². The van der Waals surface area contributed by atoms with Crippen molar-refractivity contribution < 1.29 is 4.79 Å². The lowest BCUT2D eigenvalue weighted by Gasteiger charge is -2.36. The highest BCUT2D eigenvalue weighted by Gasteiger charge is 2.39. The summed E-state index contributed by atoms with van der Waals surface area (Å²) in [6.45, 7) is 4.03. The van der Waals surface area contributed by atoms with Gasteiger partial charge in [0.1, 0.15) is 6.33 Å². The number of carbonyl (C=O) groups excluding carboxylic acids is 1. The summed E-state index contributed by atoms with van der Waals surface area (Å²) in [5.41, 5.74) is 5.85. The molecular formula is C23H27N5O. The third-order valence-corrected chi connectivity index (χ3v) is 6.48. The maximum Gasteiger partial charge on any atom is 0.252 e. The van der Waals surface area contributed by atoms with Crippen LogP contribution in [0.1, 0.15) is 66.2 Å². The van der Waals surface area contributed by atoms with Crippen molar-refractivity contribution >= 4 is 11.7 Å². The molecule has 0 radical (unpaired) electrons. The standard InChI is InChI=1S/C23H27N5O/c1-15-19(16(2)28-23(26-15)24-14-25-28)12-13-22(29)27(18-10-11-18)21-9-5-7-17-6-3-4-8-20(17)21/h3-4,6,8,14,18,21H,5,7,9-13H2,1-2H3. The van der Waals surface area contributed by atoms with Crippen molar-refractivity contribution in [3.63, 3.8) is 0 Å². The lowest BCUT2D eigenvalue weighted by Crippen LogP contribution is -2.38. The Labute approximate surface area is 171 Å². The highest BCUT2D eigenvalue weighted by molar-refractivity contribution is 5.78. The maximum atomic E-state index is 13.4. The molecule has 1 aromatic carbocycles. The Morgan fingerprint density at radius 3 is 2.86 bits per heavy atom. The van der Waals surface area contributed by atoms with Crippen LogP contribution in [0.5, 0.6) is 0 Å². The third-order valence-electron chi connectivity index (χ3n) is 6.48. The Kier molecular flexibility index (Phi) is 4.57. The van der Waals surface area contributed by atoms with Crippen molar-refractivity contribution in [1.29, 1.82) is 0 Å². The number of fused-ring (bicyclic) bond motifs is 2. The number of hydrogen-bond acceptors (Lipinski definition) is 4. The molecule has 1 saturated carbocycles. The molecule has 0 saturated heterocycles. The van der Waals surface area contributed by atoms with E-state index in [2.05, 4.69) is 44.2 Å². The van der Waals surface area contributed by atoms with E-state index in [1.54, 1.807) is 4.52 Å². The minimum atomic E-state index is 0.234. The fourth-order valence-electron chi connectivity index (χ4n) is 4.88. The summed E-state index contributed by atoms with van der Waals surface area (Å²) in [5.74, 6) is 0.889. The van der Waals surface area contributed by atoms with Gasteiger partial charge in [-0.2, -0.15) is 10.1 Å². The lowest BCUT2D eigenvalue weighted by molar-refractivity contribution is -0.134. The topological polar surface area (TPSA) is 63.4 Å². The Balaban J connectivity index is 1.39. The van der Waals surface area contributed by atoms with Gasteiger partial charge in [0.05, 0.1) is 6.04 Å². The molecule has 2 heterocycles. The fraction of sp³-hybridized carbons (Fsp3) is 0.478. The SMILES string of the molecule is Cc1nc2ncnn2c(C)c1CCC(=O)N(C1CC1)C1CCCc2ccccc21. The molecule has 0 aliphatic heterocycles. The first-order chi connectivity index (χ1) is 14.1. The van der Waals surface area contributed by atoms with Crippen molar-refractivity contribution in [2.24, 2.45) is 0 Å². The van der Waals surface area contributed by atoms with Crippen molar-refractivity contribution in [3.8, 4) is 0 Å². The zero-order valence-electron chi connectivity index (χ0n) is 17.1. The number of nitrogens with zero attached hydrogens (tertiary/aromatic N) is 5. The van der Waals surface area contributed by atoms with E-state index in [1.807, 2.05) is 13.8 Å². The van der Waals surface area contributed by atoms with Gasteiger partial charge < -0.3 is 4.90 Å². The zero-order valence-corrected chi connectivity index (χ0v) is 17.1. The van der Waals surface area contributed by atoms with Crippen LogP contribution < -0.4 is 0 Å². The molecule has 0 bridgehead atoms. The van der Waals surface area contributed by atoms with Crippen molar-refractivity contribution in [2.45, 2.75) is 70.9 Å². The molecule has 1 atom stereocenters. The lowest BCUT2D eigenvalue weighted by atomic mass is 9.86. The molecule has 2 aliphatic carbocycles. The number of benzene rings is 1. The molecule has 3 aromatic rings. The summed E-state index contributed by atoms with van der Waals surface area (Å²) in [5, 5.41) is 4.27. The van der Waals surface area contributed by atoms with E-state index in [9.17, 15) is 4.79 Å². The van der Waals surface area contributed by atoms with Crippen LogP contribution in [0.3, 0.4) is 0 Å². The molecule has 6 heteroatoms. The molecular weight excluding hydrogens is 362 g/mol. The quantitative estimate of drug-likeness (QED) is 0.667. The molecule has 1 amide bonds. The Morgan fingerprint density at radius 2 is 2.03 bits per heavy atom. The van der Waals surface area contributed by atoms with Crippen LogP contribution >= 0.6 is 0 Å². The smallest absolute Gasteiger partial charge is 0.252 e. The zero-order chi connectivity index (χ0) is 20.0. The molecule has 5 rings (SSSR count). The molecule has 0 N–H and O–H groups in total. The van der Waals surface area contributed by atoms with Crippen LogP contribution in [0.15, 0.2) is 30.6 Å². The second-order valence-corrected chi connectivity index (χ2v) is 8.37. The van der Waals surface area contributed by atoms with Gasteiger partial charge in [0.25, 0.3) is 5.78 Å². The highest BCUT2D eigenvalue weighted by atomic mass is 16.2. The number of carbonyl (C=O) groups is 1. The number of amides is 1. The van der Waals surface area contributed by atoms with Gasteiger partial charge in [-0.3, -0.25) is 4.79 Å². The Hall–Kier alpha value is -2.76. The fourth-order valence-corrected chi connectivity index (χ4v) is 4.88. The van der Waals surface area contributed by atoms with Gasteiger partial charge in [0.2, 0.25) is 5.91 Å². The predicted octanol–water partition coefficient (Wildman–Crippen LogP) is 3.74. The Morgan fingerprint density at radius 1 is 1.21 bits per heavy atom. The summed E-state index contributed by atoms with van der Waals surface area (Å²) in [6.07, 6.45) is 8.35. The minimum Gasteiger partial charge on any atom is -0.333 e. The largest absolute Gasteiger partial charge is 0.333 e. The molecule has 2 aliphatic rings. The van der Waals surface area contributed by atoms with E-state index < -0.39 is 0 Å². The second-order valence-electron chi connectivity index (χ2n) is 8.37. The average molecular weight is 390 g/mol. The molecule has 1 unspecified atom stereocenters. The van der Waals surface area contributed by atoms with Gasteiger partial charge >= 0.3 is 0 Å². The van der Waals surface area contributed by atoms with E-state index in [0.29, 0.717) is 24.7 Å². The molecule has 0 spiro atoms. The molecule has 2 aromatic heterocycles. The summed E-state index contributed by atoms with van der Waals surface area (Å²) in [4.78, 5) is 24.4. The highest BCUT2D eigenvalue weighted by Crippen LogP contribution is 2.41. The van der Waals surface area contributed by atoms with Crippen molar-refractivity contribution in [2.75, 3.05) is 0 Å². The van der Waals surface area contributed by atoms with Gasteiger partial charge in [0, 0.05) is 23.9 Å². The minimum absolute atomic E-state index is 0.234. The predicted molar refractivity (Wildman–Crippen MR) is 111 cm³/mol. The van der Waals surface area contributed by atoms with E-state index in [1.165, 1.54) is 17.5 Å². The van der Waals surface area contributed by atoms with E-state index in [-0.39, 0.29) is 11.9 Å². The summed E-state index contributed by atoms with van der Waals surface area (Å²) < 4.78 is 1.77. The number of aromatic nitrogens is 4. The van der Waals surface area contributed by atoms with Crippen LogP contribution in [0.4, 0.5) is 0 Å². The van der Waals surface area contributed by atoms with Gasteiger partial charge in [-0.15, -0.1) is 0 Å². The first-order valence-electron chi connectivity index (χ1n) is 10.7. The third kappa shape index (κ3) is 3.30. The summed E-state index contributed by atoms with van der Waals surface area (Å²) in [7, 11) is 0. The number of aryl methyl sites for hydroxylation is 3. The summed E-state index contributed by atoms with van der Waals surface area (Å²) in [6, 6.07) is 9.32. The van der Waals surface area contributed by atoms with Crippen LogP contribution in [0.25, 0.3) is 5.78 Å². The Bertz CT molecular complexity index is 1070. The van der Waals surface area contributed by atoms with E-state index in [4.69, 9.17) is 0 Å². The van der Waals surface area contributed by atoms with Gasteiger partial charge in [-0.05, 0) is 69.1 Å².